The predicted molar refractivity (Wildman–Crippen MR) is 140 cm³/mol. The van der Waals surface area contributed by atoms with Crippen LogP contribution in [-0.2, 0) is 22.6 Å². The number of aromatic amines is 1. The van der Waals surface area contributed by atoms with Gasteiger partial charge >= 0.3 is 0 Å². The number of thioether (sulfide) groups is 1. The Bertz CT molecular complexity index is 1250. The number of ether oxygens (including phenoxy) is 2. The van der Waals surface area contributed by atoms with E-state index in [1.165, 1.54) is 6.33 Å². The van der Waals surface area contributed by atoms with Crippen LogP contribution in [0.25, 0.3) is 11.1 Å². The first-order chi connectivity index (χ1) is 17.7. The third kappa shape index (κ3) is 5.38. The Morgan fingerprint density at radius 2 is 1.72 bits per heavy atom. The molecule has 4 atom stereocenters. The van der Waals surface area contributed by atoms with E-state index in [1.807, 2.05) is 36.4 Å². The lowest BCUT2D eigenvalue weighted by Gasteiger charge is -2.41. The number of aliphatic hydroxyl groups excluding tert-OH is 1. The number of nitrogens with zero attached hydrogens (tertiary/aromatic N) is 2. The van der Waals surface area contributed by atoms with E-state index in [9.17, 15) is 5.11 Å². The molecule has 1 aromatic heterocycles. The van der Waals surface area contributed by atoms with Crippen molar-refractivity contribution in [3.8, 4) is 11.1 Å². The van der Waals surface area contributed by atoms with Gasteiger partial charge in [0.25, 0.3) is 0 Å². The zero-order chi connectivity index (χ0) is 24.9. The summed E-state index contributed by atoms with van der Waals surface area (Å²) in [5.74, 6) is 0.816. The second-order valence-corrected chi connectivity index (χ2v) is 9.92. The maximum atomic E-state index is 9.45. The van der Waals surface area contributed by atoms with Crippen molar-refractivity contribution in [1.82, 2.24) is 15.2 Å². The third-order valence-electron chi connectivity index (χ3n) is 6.63. The van der Waals surface area contributed by atoms with Crippen LogP contribution in [0.1, 0.15) is 41.6 Å². The van der Waals surface area contributed by atoms with Crippen LogP contribution in [0.2, 0.25) is 0 Å². The Kier molecular flexibility index (Phi) is 7.79. The predicted octanol–water partition coefficient (Wildman–Crippen LogP) is 5.01. The van der Waals surface area contributed by atoms with E-state index < -0.39 is 6.29 Å². The van der Waals surface area contributed by atoms with Crippen LogP contribution in [0.5, 0.6) is 0 Å². The number of H-pyrrole nitrogens is 1. The first kappa shape index (κ1) is 24.7. The Balaban J connectivity index is 1.40. The molecule has 0 amide bonds. The van der Waals surface area contributed by atoms with E-state index in [0.717, 1.165) is 38.5 Å². The highest BCUT2D eigenvalue weighted by atomic mass is 32.2. The summed E-state index contributed by atoms with van der Waals surface area (Å²) in [5, 5.41) is 17.1. The average Bonchev–Trinajstić information content (AvgIpc) is 3.46. The highest BCUT2D eigenvalue weighted by Gasteiger charge is 2.38. The number of hydrogen-bond donors (Lipinski definition) is 3. The van der Waals surface area contributed by atoms with Crippen LogP contribution in [0.15, 0.2) is 84.3 Å². The number of aliphatic hydroxyl groups is 1. The highest BCUT2D eigenvalue weighted by molar-refractivity contribution is 7.99. The van der Waals surface area contributed by atoms with Gasteiger partial charge in [-0.25, -0.2) is 4.98 Å². The fourth-order valence-corrected chi connectivity index (χ4v) is 5.48. The molecule has 2 heterocycles. The van der Waals surface area contributed by atoms with E-state index in [1.54, 1.807) is 11.8 Å². The Labute approximate surface area is 215 Å². The van der Waals surface area contributed by atoms with Gasteiger partial charge in [-0.2, -0.15) is 5.10 Å². The summed E-state index contributed by atoms with van der Waals surface area (Å²) in [6.07, 6.45) is 0.770. The Morgan fingerprint density at radius 3 is 2.42 bits per heavy atom. The molecule has 8 heteroatoms. The lowest BCUT2D eigenvalue weighted by atomic mass is 9.91. The van der Waals surface area contributed by atoms with Gasteiger partial charge in [0.2, 0.25) is 0 Å². The maximum Gasteiger partial charge on any atom is 0.184 e. The summed E-state index contributed by atoms with van der Waals surface area (Å²) in [5.41, 5.74) is 12.2. The summed E-state index contributed by atoms with van der Waals surface area (Å²) < 4.78 is 13.1. The van der Waals surface area contributed by atoms with Crippen LogP contribution in [0, 0.1) is 5.92 Å². The van der Waals surface area contributed by atoms with Gasteiger partial charge in [0.15, 0.2) is 11.4 Å². The van der Waals surface area contributed by atoms with Gasteiger partial charge in [0, 0.05) is 23.8 Å². The third-order valence-corrected chi connectivity index (χ3v) is 7.60. The first-order valence-corrected chi connectivity index (χ1v) is 13.0. The minimum absolute atomic E-state index is 0.0170. The highest BCUT2D eigenvalue weighted by Crippen LogP contribution is 2.43. The quantitative estimate of drug-likeness (QED) is 0.291. The molecule has 4 unspecified atom stereocenters. The number of rotatable bonds is 8. The van der Waals surface area contributed by atoms with Gasteiger partial charge in [0.05, 0.1) is 18.8 Å². The van der Waals surface area contributed by atoms with Crippen molar-refractivity contribution in [2.45, 2.75) is 43.7 Å². The summed E-state index contributed by atoms with van der Waals surface area (Å²) in [4.78, 5) is 4.23. The second-order valence-electron chi connectivity index (χ2n) is 8.91. The van der Waals surface area contributed by atoms with Gasteiger partial charge in [-0.15, -0.1) is 0 Å². The van der Waals surface area contributed by atoms with E-state index in [0.29, 0.717) is 12.3 Å². The molecule has 186 valence electrons. The Morgan fingerprint density at radius 1 is 0.972 bits per heavy atom. The van der Waals surface area contributed by atoms with Crippen molar-refractivity contribution >= 4 is 11.8 Å². The zero-order valence-electron chi connectivity index (χ0n) is 20.1. The molecule has 1 aliphatic rings. The standard InChI is InChI=1S/C28H30N4O3S/c1-18-25(16-36-28-30-17-31-32-28)34-27(35-26(18)21-8-6-19(15-33)7-9-21)22-12-10-20(11-13-22)24-5-3-2-4-23(24)14-29/h2-13,17-18,25-27,33H,14-16,29H2,1H3,(H,30,31,32). The van der Waals surface area contributed by atoms with Crippen LogP contribution < -0.4 is 5.73 Å². The van der Waals surface area contributed by atoms with Crippen molar-refractivity contribution in [3.05, 3.63) is 101 Å². The molecule has 1 aliphatic heterocycles. The molecule has 0 spiro atoms. The number of nitrogens with two attached hydrogens (primary N) is 1. The molecule has 3 aromatic carbocycles. The van der Waals surface area contributed by atoms with Gasteiger partial charge in [-0.05, 0) is 27.8 Å². The summed E-state index contributed by atoms with van der Waals surface area (Å²) in [7, 11) is 0. The minimum atomic E-state index is -0.511. The normalized spacial score (nSPS) is 22.0. The molecule has 0 radical (unpaired) electrons. The van der Waals surface area contributed by atoms with Crippen LogP contribution in [-0.4, -0.2) is 32.1 Å². The molecule has 7 nitrogen and oxygen atoms in total. The monoisotopic (exact) mass is 502 g/mol. The molecular formula is C28H30N4O3S. The summed E-state index contributed by atoms with van der Waals surface area (Å²) >= 11 is 1.59. The molecule has 1 fully saturated rings. The molecule has 4 N–H and O–H groups in total. The molecule has 4 aromatic rings. The van der Waals surface area contributed by atoms with Crippen molar-refractivity contribution in [3.63, 3.8) is 0 Å². The molecule has 0 saturated carbocycles. The van der Waals surface area contributed by atoms with Gasteiger partial charge in [0.1, 0.15) is 6.33 Å². The largest absolute Gasteiger partial charge is 0.392 e. The SMILES string of the molecule is CC1C(CSc2ncn[nH]2)OC(c2ccc(-c3ccccc3CN)cc2)OC1c1ccc(CO)cc1. The lowest BCUT2D eigenvalue weighted by Crippen LogP contribution is -2.38. The van der Waals surface area contributed by atoms with Crippen molar-refractivity contribution in [1.29, 1.82) is 0 Å². The molecule has 0 bridgehead atoms. The van der Waals surface area contributed by atoms with Gasteiger partial charge in [-0.1, -0.05) is 91.5 Å². The maximum absolute atomic E-state index is 9.45. The Hall–Kier alpha value is -3.01. The van der Waals surface area contributed by atoms with E-state index >= 15 is 0 Å². The minimum Gasteiger partial charge on any atom is -0.392 e. The van der Waals surface area contributed by atoms with E-state index in [-0.39, 0.29) is 24.7 Å². The van der Waals surface area contributed by atoms with Crippen LogP contribution >= 0.6 is 11.8 Å². The van der Waals surface area contributed by atoms with E-state index in [4.69, 9.17) is 15.2 Å². The van der Waals surface area contributed by atoms with Crippen molar-refractivity contribution in [2.24, 2.45) is 11.7 Å². The summed E-state index contributed by atoms with van der Waals surface area (Å²) in [6, 6.07) is 24.5. The number of benzene rings is 3. The lowest BCUT2D eigenvalue weighted by molar-refractivity contribution is -0.268. The molecular weight excluding hydrogens is 472 g/mol. The van der Waals surface area contributed by atoms with Crippen LogP contribution in [0.3, 0.4) is 0 Å². The number of aromatic nitrogens is 3. The molecule has 1 saturated heterocycles. The average molecular weight is 503 g/mol. The van der Waals surface area contributed by atoms with Crippen LogP contribution in [0.4, 0.5) is 0 Å². The molecule has 0 aliphatic carbocycles. The molecule has 5 rings (SSSR count). The smallest absolute Gasteiger partial charge is 0.184 e. The fraction of sp³-hybridized carbons (Fsp3) is 0.286. The van der Waals surface area contributed by atoms with Gasteiger partial charge < -0.3 is 20.3 Å². The topological polar surface area (TPSA) is 106 Å². The van der Waals surface area contributed by atoms with E-state index in [2.05, 4.69) is 58.5 Å². The van der Waals surface area contributed by atoms with Gasteiger partial charge in [-0.3, -0.25) is 5.10 Å². The van der Waals surface area contributed by atoms with Crippen molar-refractivity contribution in [2.75, 3.05) is 5.75 Å². The second kappa shape index (κ2) is 11.4. The fourth-order valence-electron chi connectivity index (χ4n) is 4.53. The zero-order valence-corrected chi connectivity index (χ0v) is 20.9. The first-order valence-electron chi connectivity index (χ1n) is 12.0. The summed E-state index contributed by atoms with van der Waals surface area (Å²) in [6.45, 7) is 2.66. The number of hydrogen-bond acceptors (Lipinski definition) is 7. The number of nitrogens with one attached hydrogen (secondary N) is 1. The molecule has 36 heavy (non-hydrogen) atoms. The van der Waals surface area contributed by atoms with Crippen molar-refractivity contribution < 1.29 is 14.6 Å².